The first-order valence-electron chi connectivity index (χ1n) is 11.7. The van der Waals surface area contributed by atoms with Crippen molar-refractivity contribution in [1.82, 2.24) is 14.7 Å². The van der Waals surface area contributed by atoms with Crippen LogP contribution in [-0.4, -0.2) is 58.3 Å². The molecule has 1 atom stereocenters. The van der Waals surface area contributed by atoms with Crippen LogP contribution in [0.1, 0.15) is 33.3 Å². The highest BCUT2D eigenvalue weighted by molar-refractivity contribution is 5.65. The fourth-order valence-electron chi connectivity index (χ4n) is 3.69. The quantitative estimate of drug-likeness (QED) is 0.409. The number of rotatable bonds is 12. The average molecular weight is 468 g/mol. The fourth-order valence-corrected chi connectivity index (χ4v) is 3.69. The van der Waals surface area contributed by atoms with Gasteiger partial charge in [0.2, 0.25) is 5.88 Å². The van der Waals surface area contributed by atoms with Gasteiger partial charge in [-0.2, -0.15) is 5.10 Å². The first-order chi connectivity index (χ1) is 16.3. The molecule has 0 saturated heterocycles. The molecule has 34 heavy (non-hydrogen) atoms. The van der Waals surface area contributed by atoms with Gasteiger partial charge in [0.25, 0.3) is 0 Å². The lowest BCUT2D eigenvalue weighted by atomic mass is 10.1. The van der Waals surface area contributed by atoms with Gasteiger partial charge in [0.05, 0.1) is 31.5 Å². The van der Waals surface area contributed by atoms with Crippen molar-refractivity contribution >= 4 is 0 Å². The van der Waals surface area contributed by atoms with Crippen LogP contribution in [0.5, 0.6) is 17.4 Å². The zero-order valence-electron chi connectivity index (χ0n) is 21.1. The van der Waals surface area contributed by atoms with Crippen LogP contribution in [-0.2, 0) is 18.3 Å². The fraction of sp³-hybridized carbons (Fsp3) is 0.444. The molecule has 0 spiro atoms. The van der Waals surface area contributed by atoms with E-state index in [0.717, 1.165) is 22.6 Å². The van der Waals surface area contributed by atoms with Gasteiger partial charge in [0.15, 0.2) is 0 Å². The SMILES string of the molecule is COc1ccc(Oc2c(CN(C[C@@H](O)COC(C)C)C(C)C)c(-c3ccccc3)nn2C)cc1. The molecule has 7 heteroatoms. The summed E-state index contributed by atoms with van der Waals surface area (Å²) in [4.78, 5) is 2.22. The number of ether oxygens (including phenoxy) is 3. The van der Waals surface area contributed by atoms with Crippen LogP contribution in [0.25, 0.3) is 11.3 Å². The van der Waals surface area contributed by atoms with Crippen molar-refractivity contribution in [3.05, 3.63) is 60.2 Å². The van der Waals surface area contributed by atoms with Crippen molar-refractivity contribution in [3.63, 3.8) is 0 Å². The molecule has 0 radical (unpaired) electrons. The molecule has 0 unspecified atom stereocenters. The van der Waals surface area contributed by atoms with Gasteiger partial charge in [-0.3, -0.25) is 4.90 Å². The van der Waals surface area contributed by atoms with Crippen molar-refractivity contribution < 1.29 is 19.3 Å². The Labute approximate surface area is 202 Å². The molecule has 3 rings (SSSR count). The van der Waals surface area contributed by atoms with E-state index in [1.54, 1.807) is 11.8 Å². The number of benzene rings is 2. The van der Waals surface area contributed by atoms with E-state index in [0.29, 0.717) is 31.3 Å². The summed E-state index contributed by atoms with van der Waals surface area (Å²) in [6, 6.07) is 17.8. The Hall–Kier alpha value is -2.87. The Morgan fingerprint density at radius 1 is 0.971 bits per heavy atom. The molecule has 2 aromatic carbocycles. The molecule has 0 bridgehead atoms. The summed E-state index contributed by atoms with van der Waals surface area (Å²) in [5.74, 6) is 2.14. The van der Waals surface area contributed by atoms with Gasteiger partial charge in [0.1, 0.15) is 17.2 Å². The number of hydrogen-bond acceptors (Lipinski definition) is 6. The lowest BCUT2D eigenvalue weighted by Gasteiger charge is -2.29. The third kappa shape index (κ3) is 6.82. The van der Waals surface area contributed by atoms with Crippen LogP contribution >= 0.6 is 0 Å². The van der Waals surface area contributed by atoms with E-state index in [-0.39, 0.29) is 12.1 Å². The van der Waals surface area contributed by atoms with Gasteiger partial charge in [-0.25, -0.2) is 4.68 Å². The molecule has 7 nitrogen and oxygen atoms in total. The Kier molecular flexibility index (Phi) is 9.10. The van der Waals surface area contributed by atoms with E-state index in [4.69, 9.17) is 19.3 Å². The highest BCUT2D eigenvalue weighted by Crippen LogP contribution is 2.35. The number of hydrogen-bond donors (Lipinski definition) is 1. The molecule has 0 aliphatic rings. The molecule has 3 aromatic rings. The third-order valence-corrected chi connectivity index (χ3v) is 5.57. The number of aliphatic hydroxyl groups excluding tert-OH is 1. The van der Waals surface area contributed by atoms with Crippen LogP contribution in [0, 0.1) is 0 Å². The van der Waals surface area contributed by atoms with Crippen molar-refractivity contribution in [2.24, 2.45) is 7.05 Å². The molecule has 0 aliphatic heterocycles. The maximum atomic E-state index is 10.6. The number of methoxy groups -OCH3 is 1. The van der Waals surface area contributed by atoms with E-state index < -0.39 is 6.10 Å². The van der Waals surface area contributed by atoms with Gasteiger partial charge in [-0.1, -0.05) is 30.3 Å². The van der Waals surface area contributed by atoms with Crippen molar-refractivity contribution in [2.45, 2.75) is 52.5 Å². The topological polar surface area (TPSA) is 69.0 Å². The first kappa shape index (κ1) is 25.7. The summed E-state index contributed by atoms with van der Waals surface area (Å²) in [6.45, 7) is 9.54. The van der Waals surface area contributed by atoms with Gasteiger partial charge in [0, 0.05) is 31.7 Å². The zero-order chi connectivity index (χ0) is 24.7. The Balaban J connectivity index is 1.94. The molecule has 1 heterocycles. The second-order valence-corrected chi connectivity index (χ2v) is 8.96. The predicted octanol–water partition coefficient (Wildman–Crippen LogP) is 4.88. The highest BCUT2D eigenvalue weighted by atomic mass is 16.5. The van der Waals surface area contributed by atoms with Gasteiger partial charge in [-0.05, 0) is 52.0 Å². The number of aryl methyl sites for hydroxylation is 1. The van der Waals surface area contributed by atoms with Gasteiger partial charge in [-0.15, -0.1) is 0 Å². The molecule has 1 N–H and O–H groups in total. The zero-order valence-corrected chi connectivity index (χ0v) is 21.1. The third-order valence-electron chi connectivity index (χ3n) is 5.57. The van der Waals surface area contributed by atoms with E-state index in [9.17, 15) is 5.11 Å². The second kappa shape index (κ2) is 12.0. The van der Waals surface area contributed by atoms with E-state index in [1.165, 1.54) is 0 Å². The minimum Gasteiger partial charge on any atom is -0.497 e. The molecule has 0 fully saturated rings. The van der Waals surface area contributed by atoms with E-state index >= 15 is 0 Å². The van der Waals surface area contributed by atoms with Gasteiger partial charge < -0.3 is 19.3 Å². The standard InChI is InChI=1S/C27H37N3O4/c1-19(2)30(16-22(31)18-33-20(3)4)17-25-26(21-10-8-7-9-11-21)28-29(5)27(25)34-24-14-12-23(32-6)13-15-24/h7-15,19-20,22,31H,16-18H2,1-6H3/t22-/m1/s1. The smallest absolute Gasteiger partial charge is 0.222 e. The summed E-state index contributed by atoms with van der Waals surface area (Å²) in [5, 5.41) is 15.4. The molecule has 0 aliphatic carbocycles. The molecule has 1 aromatic heterocycles. The van der Waals surface area contributed by atoms with E-state index in [1.807, 2.05) is 75.5 Å². The average Bonchev–Trinajstić information content (AvgIpc) is 3.13. The number of aliphatic hydroxyl groups is 1. The summed E-state index contributed by atoms with van der Waals surface area (Å²) < 4.78 is 19.0. The Bertz CT molecular complexity index is 1020. The molecule has 0 saturated carbocycles. The number of nitrogens with zero attached hydrogens (tertiary/aromatic N) is 3. The van der Waals surface area contributed by atoms with Crippen molar-refractivity contribution in [2.75, 3.05) is 20.3 Å². The minimum atomic E-state index is -0.590. The maximum Gasteiger partial charge on any atom is 0.222 e. The summed E-state index contributed by atoms with van der Waals surface area (Å²) in [7, 11) is 3.53. The number of aromatic nitrogens is 2. The normalized spacial score (nSPS) is 12.5. The van der Waals surface area contributed by atoms with Crippen molar-refractivity contribution in [3.8, 4) is 28.6 Å². The molecular weight excluding hydrogens is 430 g/mol. The largest absolute Gasteiger partial charge is 0.497 e. The predicted molar refractivity (Wildman–Crippen MR) is 134 cm³/mol. The van der Waals surface area contributed by atoms with Crippen LogP contribution in [0.4, 0.5) is 0 Å². The van der Waals surface area contributed by atoms with E-state index in [2.05, 4.69) is 18.7 Å². The Morgan fingerprint density at radius 3 is 2.21 bits per heavy atom. The lowest BCUT2D eigenvalue weighted by molar-refractivity contribution is -0.0137. The van der Waals surface area contributed by atoms with Crippen LogP contribution < -0.4 is 9.47 Å². The molecular formula is C27H37N3O4. The lowest BCUT2D eigenvalue weighted by Crippen LogP contribution is -2.39. The molecule has 0 amide bonds. The summed E-state index contributed by atoms with van der Waals surface area (Å²) >= 11 is 0. The minimum absolute atomic E-state index is 0.0784. The van der Waals surface area contributed by atoms with Crippen LogP contribution in [0.2, 0.25) is 0 Å². The summed E-state index contributed by atoms with van der Waals surface area (Å²) in [5.41, 5.74) is 2.85. The highest BCUT2D eigenvalue weighted by Gasteiger charge is 2.24. The van der Waals surface area contributed by atoms with Crippen LogP contribution in [0.15, 0.2) is 54.6 Å². The second-order valence-electron chi connectivity index (χ2n) is 8.96. The van der Waals surface area contributed by atoms with Gasteiger partial charge >= 0.3 is 0 Å². The Morgan fingerprint density at radius 2 is 1.62 bits per heavy atom. The summed E-state index contributed by atoms with van der Waals surface area (Å²) in [6.07, 6.45) is -0.512. The maximum absolute atomic E-state index is 10.6. The first-order valence-corrected chi connectivity index (χ1v) is 11.7. The van der Waals surface area contributed by atoms with Crippen LogP contribution in [0.3, 0.4) is 0 Å². The molecule has 184 valence electrons. The monoisotopic (exact) mass is 467 g/mol. The van der Waals surface area contributed by atoms with Crippen molar-refractivity contribution in [1.29, 1.82) is 0 Å².